The van der Waals surface area contributed by atoms with Crippen molar-refractivity contribution in [3.05, 3.63) is 75.7 Å². The van der Waals surface area contributed by atoms with Crippen LogP contribution in [-0.2, 0) is 12.1 Å². The Kier molecular flexibility index (Phi) is 5.28. The number of rotatable bonds is 4. The maximum absolute atomic E-state index is 12.9. The summed E-state index contributed by atoms with van der Waals surface area (Å²) in [4.78, 5) is 16.0. The molecule has 5 nitrogen and oxygen atoms in total. The minimum absolute atomic E-state index is 0.00827. The second-order valence-corrected chi connectivity index (χ2v) is 7.44. The molecule has 0 saturated heterocycles. The Hall–Kier alpha value is -2.73. The average Bonchev–Trinajstić information content (AvgIpc) is 2.63. The van der Waals surface area contributed by atoms with Crippen LogP contribution < -0.4 is 10.3 Å². The molecule has 0 spiro atoms. The Labute approximate surface area is 161 Å². The molecule has 0 atom stereocenters. The van der Waals surface area contributed by atoms with Crippen LogP contribution in [0.5, 0.6) is 5.75 Å². The van der Waals surface area contributed by atoms with E-state index in [1.165, 1.54) is 23.1 Å². The summed E-state index contributed by atoms with van der Waals surface area (Å²) in [5.41, 5.74) is 1.77. The zero-order valence-electron chi connectivity index (χ0n) is 15.2. The van der Waals surface area contributed by atoms with Gasteiger partial charge in [-0.3, -0.25) is 4.79 Å². The first-order valence-corrected chi connectivity index (χ1v) is 8.75. The van der Waals surface area contributed by atoms with Crippen molar-refractivity contribution in [2.75, 3.05) is 0 Å². The molecule has 7 heteroatoms. The summed E-state index contributed by atoms with van der Waals surface area (Å²) < 4.78 is 19.9. The van der Waals surface area contributed by atoms with E-state index in [4.69, 9.17) is 16.3 Å². The average molecular weight is 388 g/mol. The molecule has 1 aromatic carbocycles. The highest BCUT2D eigenvalue weighted by Crippen LogP contribution is 2.23. The van der Waals surface area contributed by atoms with Crippen LogP contribution in [-0.4, -0.2) is 14.8 Å². The highest BCUT2D eigenvalue weighted by Gasteiger charge is 2.20. The second kappa shape index (κ2) is 7.48. The van der Waals surface area contributed by atoms with Crippen LogP contribution in [0.3, 0.4) is 0 Å². The molecule has 2 heterocycles. The molecule has 0 aliphatic carbocycles. The lowest BCUT2D eigenvalue weighted by Crippen LogP contribution is -2.36. The third kappa shape index (κ3) is 4.34. The predicted octanol–water partition coefficient (Wildman–Crippen LogP) is 4.43. The minimum atomic E-state index is -0.511. The molecule has 0 saturated carbocycles. The van der Waals surface area contributed by atoms with Crippen LogP contribution in [0, 0.1) is 5.95 Å². The SMILES string of the molecule is CC(C)(C)n1ncc(OCc2ccc(-c3ccc(F)nc3)cc2)c(Cl)c1=O. The van der Waals surface area contributed by atoms with Crippen molar-refractivity contribution in [3.8, 4) is 16.9 Å². The zero-order valence-corrected chi connectivity index (χ0v) is 16.0. The summed E-state index contributed by atoms with van der Waals surface area (Å²) in [5, 5.41) is 4.15. The number of halogens is 2. The Morgan fingerprint density at radius 1 is 1.07 bits per heavy atom. The third-order valence-corrected chi connectivity index (χ3v) is 4.28. The maximum Gasteiger partial charge on any atom is 0.289 e. The van der Waals surface area contributed by atoms with Crippen molar-refractivity contribution in [3.63, 3.8) is 0 Å². The van der Waals surface area contributed by atoms with Gasteiger partial charge in [0, 0.05) is 11.8 Å². The first-order chi connectivity index (χ1) is 12.8. The summed E-state index contributed by atoms with van der Waals surface area (Å²) in [5.74, 6) is -0.267. The van der Waals surface area contributed by atoms with E-state index < -0.39 is 11.5 Å². The highest BCUT2D eigenvalue weighted by atomic mass is 35.5. The molecular weight excluding hydrogens is 369 g/mol. The summed E-state index contributed by atoms with van der Waals surface area (Å²) >= 11 is 6.15. The van der Waals surface area contributed by atoms with Crippen molar-refractivity contribution >= 4 is 11.6 Å². The molecule has 0 N–H and O–H groups in total. The Morgan fingerprint density at radius 3 is 2.33 bits per heavy atom. The van der Waals surface area contributed by atoms with Crippen LogP contribution in [0.15, 0.2) is 53.6 Å². The van der Waals surface area contributed by atoms with E-state index in [1.54, 1.807) is 6.07 Å². The van der Waals surface area contributed by atoms with Gasteiger partial charge in [0.1, 0.15) is 6.61 Å². The van der Waals surface area contributed by atoms with Gasteiger partial charge < -0.3 is 4.74 Å². The minimum Gasteiger partial charge on any atom is -0.485 e. The van der Waals surface area contributed by atoms with Crippen LogP contribution in [0.25, 0.3) is 11.1 Å². The van der Waals surface area contributed by atoms with E-state index in [0.29, 0.717) is 0 Å². The van der Waals surface area contributed by atoms with E-state index in [1.807, 2.05) is 45.0 Å². The first kappa shape index (κ1) is 19.0. The molecule has 2 aromatic heterocycles. The largest absolute Gasteiger partial charge is 0.485 e. The van der Waals surface area contributed by atoms with E-state index in [2.05, 4.69) is 10.1 Å². The van der Waals surface area contributed by atoms with Gasteiger partial charge in [-0.1, -0.05) is 35.9 Å². The summed E-state index contributed by atoms with van der Waals surface area (Å²) in [6, 6.07) is 10.5. The van der Waals surface area contributed by atoms with Crippen molar-refractivity contribution in [1.82, 2.24) is 14.8 Å². The molecule has 3 aromatic rings. The van der Waals surface area contributed by atoms with Gasteiger partial charge in [-0.05, 0) is 44.0 Å². The van der Waals surface area contributed by atoms with Gasteiger partial charge >= 0.3 is 0 Å². The van der Waals surface area contributed by atoms with Gasteiger partial charge in [-0.2, -0.15) is 9.49 Å². The number of ether oxygens (including phenoxy) is 1. The van der Waals surface area contributed by atoms with Crippen LogP contribution in [0.4, 0.5) is 4.39 Å². The molecule has 0 aliphatic heterocycles. The van der Waals surface area contributed by atoms with Gasteiger partial charge in [0.25, 0.3) is 5.56 Å². The zero-order chi connectivity index (χ0) is 19.6. The van der Waals surface area contributed by atoms with Crippen molar-refractivity contribution < 1.29 is 9.13 Å². The number of aromatic nitrogens is 3. The van der Waals surface area contributed by atoms with Gasteiger partial charge in [0.2, 0.25) is 5.95 Å². The molecule has 27 heavy (non-hydrogen) atoms. The smallest absolute Gasteiger partial charge is 0.289 e. The predicted molar refractivity (Wildman–Crippen MR) is 102 cm³/mol. The van der Waals surface area contributed by atoms with Crippen molar-refractivity contribution in [1.29, 1.82) is 0 Å². The number of nitrogens with zero attached hydrogens (tertiary/aromatic N) is 3. The van der Waals surface area contributed by atoms with Crippen LogP contribution in [0.2, 0.25) is 5.02 Å². The fraction of sp³-hybridized carbons (Fsp3) is 0.250. The lowest BCUT2D eigenvalue weighted by molar-refractivity contribution is 0.292. The van der Waals surface area contributed by atoms with Crippen molar-refractivity contribution in [2.24, 2.45) is 0 Å². The van der Waals surface area contributed by atoms with Crippen molar-refractivity contribution in [2.45, 2.75) is 32.9 Å². The lowest BCUT2D eigenvalue weighted by Gasteiger charge is -2.21. The molecule has 0 unspecified atom stereocenters. The Morgan fingerprint density at radius 2 is 1.74 bits per heavy atom. The number of pyridine rings is 1. The molecule has 0 bridgehead atoms. The second-order valence-electron chi connectivity index (χ2n) is 7.07. The monoisotopic (exact) mass is 387 g/mol. The van der Waals surface area contributed by atoms with Gasteiger partial charge in [-0.15, -0.1) is 0 Å². The van der Waals surface area contributed by atoms with Gasteiger partial charge in [-0.25, -0.2) is 9.67 Å². The lowest BCUT2D eigenvalue weighted by atomic mass is 10.1. The molecule has 140 valence electrons. The standard InChI is InChI=1S/C20H19ClFN3O2/c1-20(2,3)25-19(26)18(21)16(11-24-25)27-12-13-4-6-14(7-5-13)15-8-9-17(22)23-10-15/h4-11H,12H2,1-3H3. The topological polar surface area (TPSA) is 57.0 Å². The summed E-state index contributed by atoms with van der Waals surface area (Å²) in [6.07, 6.45) is 2.93. The van der Waals surface area contributed by atoms with E-state index in [0.717, 1.165) is 16.7 Å². The fourth-order valence-corrected chi connectivity index (χ4v) is 2.68. The van der Waals surface area contributed by atoms with E-state index >= 15 is 0 Å². The van der Waals surface area contributed by atoms with Crippen LogP contribution in [0.1, 0.15) is 26.3 Å². The first-order valence-electron chi connectivity index (χ1n) is 8.38. The van der Waals surface area contributed by atoms with Gasteiger partial charge in [0.15, 0.2) is 10.8 Å². The maximum atomic E-state index is 12.9. The molecule has 0 amide bonds. The normalized spacial score (nSPS) is 11.4. The fourth-order valence-electron chi connectivity index (χ4n) is 2.50. The highest BCUT2D eigenvalue weighted by molar-refractivity contribution is 6.31. The number of hydrogen-bond donors (Lipinski definition) is 0. The Bertz CT molecular complexity index is 994. The quantitative estimate of drug-likeness (QED) is 0.621. The molecular formula is C20H19ClFN3O2. The summed E-state index contributed by atoms with van der Waals surface area (Å²) in [6.45, 7) is 5.85. The third-order valence-electron chi connectivity index (χ3n) is 3.93. The number of hydrogen-bond acceptors (Lipinski definition) is 4. The number of benzene rings is 1. The van der Waals surface area contributed by atoms with Gasteiger partial charge in [0.05, 0.1) is 11.7 Å². The van der Waals surface area contributed by atoms with Crippen LogP contribution >= 0.6 is 11.6 Å². The summed E-state index contributed by atoms with van der Waals surface area (Å²) in [7, 11) is 0. The molecule has 0 aliphatic rings. The molecule has 3 rings (SSSR count). The van der Waals surface area contributed by atoms with E-state index in [-0.39, 0.29) is 22.9 Å². The molecule has 0 fully saturated rings. The molecule has 0 radical (unpaired) electrons. The van der Waals surface area contributed by atoms with E-state index in [9.17, 15) is 9.18 Å². The Balaban J connectivity index is 1.73.